The van der Waals surface area contributed by atoms with E-state index >= 15 is 0 Å². The molecular weight excluding hydrogens is 1800 g/mol. The number of fused-ring (bicyclic) bond motifs is 8. The van der Waals surface area contributed by atoms with Crippen molar-refractivity contribution < 1.29 is 8.83 Å². The van der Waals surface area contributed by atoms with E-state index in [-0.39, 0.29) is 14.9 Å². The summed E-state index contributed by atoms with van der Waals surface area (Å²) in [7, 11) is 0. The van der Waals surface area contributed by atoms with Crippen molar-refractivity contribution in [3.8, 4) is 33.4 Å². The van der Waals surface area contributed by atoms with Gasteiger partial charge >= 0.3 is 0 Å². The Morgan fingerprint density at radius 3 is 0.565 bits per heavy atom. The van der Waals surface area contributed by atoms with Gasteiger partial charge < -0.3 is 8.83 Å². The molecule has 0 bridgehead atoms. The number of rotatable bonds is 5. The van der Waals surface area contributed by atoms with Gasteiger partial charge in [0.25, 0.3) is 0 Å². The van der Waals surface area contributed by atoms with Gasteiger partial charge in [-0.2, -0.15) is 11.3 Å². The van der Waals surface area contributed by atoms with E-state index in [4.69, 9.17) is 4.42 Å². The molecule has 0 atom stereocenters. The summed E-state index contributed by atoms with van der Waals surface area (Å²) in [4.78, 5) is 3.78. The second-order valence-corrected chi connectivity index (χ2v) is 22.6. The summed E-state index contributed by atoms with van der Waals surface area (Å²) in [5, 5.41) is 17.0. The van der Waals surface area contributed by atoms with Crippen LogP contribution in [0.15, 0.2) is 427 Å². The van der Waals surface area contributed by atoms with E-state index in [9.17, 15) is 0 Å². The van der Waals surface area contributed by atoms with Crippen molar-refractivity contribution in [1.82, 2.24) is 4.98 Å². The van der Waals surface area contributed by atoms with Crippen LogP contribution in [0.3, 0.4) is 0 Å². The summed E-state index contributed by atoms with van der Waals surface area (Å²) < 4.78 is 10.2. The monoisotopic (exact) mass is 2020 g/mol. The fraction of sp³-hybridized carbons (Fsp3) is 0.364. The highest BCUT2D eigenvalue weighted by Crippen LogP contribution is 2.34. The number of hydrogen-bond acceptors (Lipinski definition) is 4. The molecule has 18 rings (SSSR count). The molecule has 0 saturated heterocycles. The van der Waals surface area contributed by atoms with E-state index in [1.54, 1.807) is 36.3 Å². The summed E-state index contributed by atoms with van der Waals surface area (Å²) >= 11 is 1.71. The van der Waals surface area contributed by atoms with Gasteiger partial charge in [-0.05, 0) is 165 Å². The molecule has 0 unspecified atom stereocenters. The summed E-state index contributed by atoms with van der Waals surface area (Å²) in [5.74, 6) is 0. The first-order valence-electron chi connectivity index (χ1n) is 56.7. The lowest BCUT2D eigenvalue weighted by atomic mass is 9.93. The molecule has 0 fully saturated rings. The molecular formula is C143H229NO2S. The Kier molecular flexibility index (Phi) is 185. The van der Waals surface area contributed by atoms with E-state index < -0.39 is 0 Å². The molecule has 4 aromatic heterocycles. The molecule has 3 nitrogen and oxygen atoms in total. The molecule has 0 radical (unpaired) electrons. The van der Waals surface area contributed by atoms with Crippen molar-refractivity contribution in [3.05, 3.63) is 429 Å². The molecule has 0 aliphatic carbocycles. The second kappa shape index (κ2) is 156. The Morgan fingerprint density at radius 1 is 0.170 bits per heavy atom. The first-order valence-corrected chi connectivity index (χ1v) is 57.6. The van der Waals surface area contributed by atoms with Crippen LogP contribution in [0.4, 0.5) is 0 Å². The zero-order valence-electron chi connectivity index (χ0n) is 103. The highest BCUT2D eigenvalue weighted by Gasteiger charge is 2.08. The summed E-state index contributed by atoms with van der Waals surface area (Å²) in [6.07, 6.45) is 11.0. The molecule has 147 heavy (non-hydrogen) atoms. The second-order valence-electron chi connectivity index (χ2n) is 21.8. The Bertz CT molecular complexity index is 4660. The average molecular weight is 2030 g/mol. The number of thiophene rings is 1. The lowest BCUT2D eigenvalue weighted by Crippen LogP contribution is -1.85. The van der Waals surface area contributed by atoms with E-state index in [0.29, 0.717) is 0 Å². The van der Waals surface area contributed by atoms with Crippen LogP contribution in [0, 0.1) is 0 Å². The lowest BCUT2D eigenvalue weighted by Gasteiger charge is -2.11. The number of benzene rings is 14. The SMILES string of the molecule is C.C.C(=C\c1ccccc1)/c1ccccc1.CC.CC.CC.CC.CC.CC.CC.CC.CC.CC.CC.CC.CC.CC.CC.CC.CC.CC.CC.CC.CC.CC.CC.CC.CC.c1ccc(-c2cc(-c3ccccc3)cc(-c3ccccc3)c2)cc1.c1ccc2c(c1)ccc1ccccc12.c1ccc2c(c1)oc1ccccc12.c1ccc2cc3ccccc3cc2c1.c1ccncc1.c1ccoc1.c1ccsc1. The number of nitrogens with zero attached hydrogens (tertiary/aromatic N) is 1. The molecule has 4 heteroatoms. The molecule has 0 N–H and O–H groups in total. The van der Waals surface area contributed by atoms with Crippen LogP contribution in [0.1, 0.15) is 372 Å². The van der Waals surface area contributed by atoms with Gasteiger partial charge in [0.05, 0.1) is 12.5 Å². The zero-order chi connectivity index (χ0) is 115. The van der Waals surface area contributed by atoms with Gasteiger partial charge in [-0.1, -0.05) is 689 Å². The number of hydrogen-bond donors (Lipinski definition) is 0. The average Bonchev–Trinajstić information content (AvgIpc) is 1.42. The first kappa shape index (κ1) is 174. The third-order valence-corrected chi connectivity index (χ3v) is 15.9. The Morgan fingerprint density at radius 2 is 0.367 bits per heavy atom. The van der Waals surface area contributed by atoms with Gasteiger partial charge in [0.15, 0.2) is 0 Å². The van der Waals surface area contributed by atoms with Crippen LogP contribution < -0.4 is 0 Å². The van der Waals surface area contributed by atoms with Gasteiger partial charge in [0.1, 0.15) is 11.2 Å². The molecule has 18 aromatic rings. The molecule has 0 saturated carbocycles. The smallest absolute Gasteiger partial charge is 0.135 e. The van der Waals surface area contributed by atoms with Crippen LogP contribution in [0.5, 0.6) is 0 Å². The molecule has 824 valence electrons. The van der Waals surface area contributed by atoms with Crippen molar-refractivity contribution >= 4 is 88.5 Å². The number of pyridine rings is 1. The van der Waals surface area contributed by atoms with Gasteiger partial charge in [0, 0.05) is 23.2 Å². The third kappa shape index (κ3) is 86.6. The standard InChI is InChI=1S/C24H18.2C14H10.C14H12.C12H8O.C5H5N.C4H4O.C4H4S.25C2H6.2CH4/c1-4-10-19(11-5-1)22-16-23(20-12-6-2-7-13-20)18-24(17-22)21-14-8-3-9-15-21;1-3-7-13-11(5-1)9-10-12-6-2-4-8-14(12)13;1-2-6-12-10-14-8-4-3-7-13(14)9-11(12)5-1;1-3-7-13(8-4-1)11-12-14-9-5-2-6-10-14;1-3-7-11-9(5-1)10-6-2-4-8-12(10)13-11;1-2-4-6-5-3-1;2*1-2-4-5-3-1;25*1-2;;/h1-18H;2*1-10H;1-12H;1-8H;1-5H;2*1-4H;25*1-2H3;2*1H4/b;;;12-11+;;;;;;;;;;;;;;;;;;;;;;;;;;;;;;;. The number of aromatic nitrogens is 1. The topological polar surface area (TPSA) is 39.2 Å². The normalized spacial score (nSPS) is 7.66. The van der Waals surface area contributed by atoms with Crippen molar-refractivity contribution in [1.29, 1.82) is 0 Å². The summed E-state index contributed by atoms with van der Waals surface area (Å²) in [5.41, 5.74) is 11.9. The van der Waals surface area contributed by atoms with Gasteiger partial charge in [-0.15, -0.1) is 0 Å². The largest absolute Gasteiger partial charge is 0.473 e. The fourth-order valence-corrected chi connectivity index (χ4v) is 11.1. The summed E-state index contributed by atoms with van der Waals surface area (Å²) in [6.45, 7) is 100. The molecule has 0 aliphatic heterocycles. The molecule has 0 spiro atoms. The zero-order valence-corrected chi connectivity index (χ0v) is 103. The minimum atomic E-state index is 0. The van der Waals surface area contributed by atoms with Crippen LogP contribution in [-0.4, -0.2) is 4.98 Å². The van der Waals surface area contributed by atoms with Crippen LogP contribution in [0.2, 0.25) is 0 Å². The number of furan rings is 2. The highest BCUT2D eigenvalue weighted by atomic mass is 32.1. The van der Waals surface area contributed by atoms with E-state index in [1.807, 2.05) is 472 Å². The molecule has 0 amide bonds. The minimum Gasteiger partial charge on any atom is -0.473 e. The Hall–Kier alpha value is -12.2. The summed E-state index contributed by atoms with van der Waals surface area (Å²) in [6, 6.07) is 132. The van der Waals surface area contributed by atoms with Crippen LogP contribution >= 0.6 is 11.3 Å². The maximum Gasteiger partial charge on any atom is 0.135 e. The first-order chi connectivity index (χ1) is 72.2. The van der Waals surface area contributed by atoms with E-state index in [0.717, 1.165) is 11.2 Å². The fourth-order valence-electron chi connectivity index (χ4n) is 10.6. The minimum absolute atomic E-state index is 0. The molecule has 4 heterocycles. The maximum atomic E-state index is 5.65. The number of para-hydroxylation sites is 2. The van der Waals surface area contributed by atoms with Crippen molar-refractivity contribution in [2.24, 2.45) is 0 Å². The quantitative estimate of drug-likeness (QED) is 0.0979. The van der Waals surface area contributed by atoms with Gasteiger partial charge in [-0.3, -0.25) is 4.98 Å². The maximum absolute atomic E-state index is 5.65. The third-order valence-electron chi connectivity index (χ3n) is 15.3. The van der Waals surface area contributed by atoms with Crippen LogP contribution in [-0.2, 0) is 0 Å². The predicted molar refractivity (Wildman–Crippen MR) is 706 cm³/mol. The van der Waals surface area contributed by atoms with Crippen molar-refractivity contribution in [3.63, 3.8) is 0 Å². The highest BCUT2D eigenvalue weighted by molar-refractivity contribution is 7.07. The predicted octanol–water partition coefficient (Wildman–Crippen LogP) is 53.2. The van der Waals surface area contributed by atoms with Gasteiger partial charge in [-0.25, -0.2) is 0 Å². The Labute approximate surface area is 919 Å². The van der Waals surface area contributed by atoms with Crippen molar-refractivity contribution in [2.45, 2.75) is 361 Å². The van der Waals surface area contributed by atoms with E-state index in [2.05, 4.69) is 288 Å². The molecule has 0 aliphatic rings. The van der Waals surface area contributed by atoms with E-state index in [1.165, 1.54) is 98.4 Å². The van der Waals surface area contributed by atoms with Crippen LogP contribution in [0.25, 0.3) is 111 Å². The van der Waals surface area contributed by atoms with Crippen molar-refractivity contribution in [2.75, 3.05) is 0 Å². The Balaban J connectivity index is -0.0000000841. The molecule has 14 aromatic carbocycles. The lowest BCUT2D eigenvalue weighted by molar-refractivity contribution is 0.567. The van der Waals surface area contributed by atoms with Gasteiger partial charge in [0.2, 0.25) is 0 Å².